The van der Waals surface area contributed by atoms with E-state index in [0.29, 0.717) is 10.6 Å². The molecule has 1 amide bonds. The van der Waals surface area contributed by atoms with E-state index < -0.39 is 0 Å². The predicted octanol–water partition coefficient (Wildman–Crippen LogP) is 3.02. The molecule has 1 atom stereocenters. The maximum absolute atomic E-state index is 12.3. The number of rotatable bonds is 3. The summed E-state index contributed by atoms with van der Waals surface area (Å²) >= 11 is 4.91. The van der Waals surface area contributed by atoms with E-state index in [0.717, 1.165) is 12.0 Å². The van der Waals surface area contributed by atoms with Gasteiger partial charge in [0.15, 0.2) is 0 Å². The van der Waals surface area contributed by atoms with Gasteiger partial charge in [-0.3, -0.25) is 4.79 Å². The zero-order valence-electron chi connectivity index (χ0n) is 12.1. The summed E-state index contributed by atoms with van der Waals surface area (Å²) in [6.07, 6.45) is 4.67. The molecule has 4 heteroatoms. The van der Waals surface area contributed by atoms with Crippen molar-refractivity contribution in [1.82, 2.24) is 5.32 Å². The Morgan fingerprint density at radius 3 is 2.40 bits per heavy atom. The number of hydrogen-bond acceptors (Lipinski definition) is 2. The summed E-state index contributed by atoms with van der Waals surface area (Å²) in [4.78, 5) is 12.7. The van der Waals surface area contributed by atoms with E-state index in [1.165, 1.54) is 19.3 Å². The number of carbonyl (C=O) groups is 1. The molecule has 1 unspecified atom stereocenters. The minimum atomic E-state index is -0.0144. The number of nitrogens with one attached hydrogen (secondary N) is 1. The molecule has 1 aliphatic rings. The molecular formula is C16H22N2OS. The van der Waals surface area contributed by atoms with E-state index in [2.05, 4.69) is 19.2 Å². The highest BCUT2D eigenvalue weighted by molar-refractivity contribution is 7.80. The molecule has 108 valence electrons. The highest BCUT2D eigenvalue weighted by atomic mass is 32.1. The summed E-state index contributed by atoms with van der Waals surface area (Å²) < 4.78 is 0. The second-order valence-corrected chi connectivity index (χ2v) is 6.64. The van der Waals surface area contributed by atoms with Gasteiger partial charge in [-0.1, -0.05) is 51.0 Å². The van der Waals surface area contributed by atoms with Crippen LogP contribution in [0.2, 0.25) is 0 Å². The highest BCUT2D eigenvalue weighted by Gasteiger charge is 2.33. The second-order valence-electron chi connectivity index (χ2n) is 6.20. The van der Waals surface area contributed by atoms with Crippen molar-refractivity contribution in [3.05, 3.63) is 35.4 Å². The smallest absolute Gasteiger partial charge is 0.251 e. The molecule has 1 aromatic rings. The van der Waals surface area contributed by atoms with Crippen LogP contribution in [0.1, 0.15) is 55.5 Å². The van der Waals surface area contributed by atoms with Gasteiger partial charge in [-0.15, -0.1) is 0 Å². The van der Waals surface area contributed by atoms with Crippen molar-refractivity contribution >= 4 is 23.1 Å². The van der Waals surface area contributed by atoms with E-state index in [-0.39, 0.29) is 17.4 Å². The van der Waals surface area contributed by atoms with Crippen LogP contribution in [0.5, 0.6) is 0 Å². The Balaban J connectivity index is 2.06. The lowest BCUT2D eigenvalue weighted by Crippen LogP contribution is -2.46. The largest absolute Gasteiger partial charge is 0.389 e. The van der Waals surface area contributed by atoms with Crippen molar-refractivity contribution in [2.24, 2.45) is 11.1 Å². The lowest BCUT2D eigenvalue weighted by atomic mass is 9.73. The van der Waals surface area contributed by atoms with Crippen molar-refractivity contribution in [1.29, 1.82) is 0 Å². The number of benzene rings is 1. The van der Waals surface area contributed by atoms with E-state index >= 15 is 0 Å². The Hall–Kier alpha value is -1.42. The lowest BCUT2D eigenvalue weighted by molar-refractivity contribution is 0.0853. The van der Waals surface area contributed by atoms with Gasteiger partial charge in [0.25, 0.3) is 5.91 Å². The summed E-state index contributed by atoms with van der Waals surface area (Å²) in [5.41, 5.74) is 7.17. The average molecular weight is 290 g/mol. The van der Waals surface area contributed by atoms with Crippen LogP contribution in [0.4, 0.5) is 0 Å². The molecule has 1 aromatic carbocycles. The Morgan fingerprint density at radius 1 is 1.25 bits per heavy atom. The van der Waals surface area contributed by atoms with Gasteiger partial charge in [0.05, 0.1) is 0 Å². The SMILES string of the molecule is CC1(C)CCCCC1NC(=O)c1ccc(C(N)=S)cc1. The zero-order chi connectivity index (χ0) is 14.8. The first-order valence-corrected chi connectivity index (χ1v) is 7.52. The number of hydrogen-bond donors (Lipinski definition) is 2. The summed E-state index contributed by atoms with van der Waals surface area (Å²) in [5.74, 6) is -0.0144. The van der Waals surface area contributed by atoms with Crippen LogP contribution in [0.3, 0.4) is 0 Å². The molecule has 1 aliphatic carbocycles. The fraction of sp³-hybridized carbons (Fsp3) is 0.500. The van der Waals surface area contributed by atoms with Gasteiger partial charge in [0, 0.05) is 17.2 Å². The summed E-state index contributed by atoms with van der Waals surface area (Å²) in [7, 11) is 0. The molecule has 1 fully saturated rings. The molecule has 0 heterocycles. The molecule has 0 aliphatic heterocycles. The van der Waals surface area contributed by atoms with E-state index in [4.69, 9.17) is 18.0 Å². The van der Waals surface area contributed by atoms with Crippen LogP contribution in [0.25, 0.3) is 0 Å². The number of thiocarbonyl (C=S) groups is 1. The first-order chi connectivity index (χ1) is 9.40. The van der Waals surface area contributed by atoms with Gasteiger partial charge in [-0.25, -0.2) is 0 Å². The molecule has 0 radical (unpaired) electrons. The fourth-order valence-corrected chi connectivity index (χ4v) is 2.93. The van der Waals surface area contributed by atoms with Crippen LogP contribution in [0.15, 0.2) is 24.3 Å². The van der Waals surface area contributed by atoms with Crippen molar-refractivity contribution in [3.63, 3.8) is 0 Å². The third-order valence-corrected chi connectivity index (χ3v) is 4.48. The minimum absolute atomic E-state index is 0.0144. The van der Waals surface area contributed by atoms with E-state index in [1.54, 1.807) is 24.3 Å². The molecule has 2 rings (SSSR count). The summed E-state index contributed by atoms with van der Waals surface area (Å²) in [5, 5.41) is 3.17. The first kappa shape index (κ1) is 15.0. The van der Waals surface area contributed by atoms with E-state index in [9.17, 15) is 4.79 Å². The molecule has 0 bridgehead atoms. The number of carbonyl (C=O) groups excluding carboxylic acids is 1. The Kier molecular flexibility index (Phi) is 4.43. The maximum Gasteiger partial charge on any atom is 0.251 e. The van der Waals surface area contributed by atoms with Gasteiger partial charge < -0.3 is 11.1 Å². The van der Waals surface area contributed by atoms with Crippen LogP contribution >= 0.6 is 12.2 Å². The monoisotopic (exact) mass is 290 g/mol. The van der Waals surface area contributed by atoms with Gasteiger partial charge in [-0.05, 0) is 30.4 Å². The van der Waals surface area contributed by atoms with Gasteiger partial charge in [-0.2, -0.15) is 0 Å². The topological polar surface area (TPSA) is 55.1 Å². The van der Waals surface area contributed by atoms with Crippen molar-refractivity contribution in [3.8, 4) is 0 Å². The molecule has 0 spiro atoms. The summed E-state index contributed by atoms with van der Waals surface area (Å²) in [6.45, 7) is 4.46. The minimum Gasteiger partial charge on any atom is -0.389 e. The Bertz CT molecular complexity index is 508. The predicted molar refractivity (Wildman–Crippen MR) is 85.8 cm³/mol. The standard InChI is InChI=1S/C16H22N2OS/c1-16(2)10-4-3-5-13(16)18-15(19)12-8-6-11(7-9-12)14(17)20/h6-9,13H,3-5,10H2,1-2H3,(H2,17,20)(H,18,19). The Labute approximate surface area is 125 Å². The van der Waals surface area contributed by atoms with Gasteiger partial charge >= 0.3 is 0 Å². The zero-order valence-corrected chi connectivity index (χ0v) is 12.9. The number of amides is 1. The second kappa shape index (κ2) is 5.92. The Morgan fingerprint density at radius 2 is 1.85 bits per heavy atom. The van der Waals surface area contributed by atoms with Gasteiger partial charge in [0.2, 0.25) is 0 Å². The van der Waals surface area contributed by atoms with Crippen LogP contribution in [-0.4, -0.2) is 16.9 Å². The average Bonchev–Trinajstić information content (AvgIpc) is 2.41. The molecular weight excluding hydrogens is 268 g/mol. The highest BCUT2D eigenvalue weighted by Crippen LogP contribution is 2.35. The molecule has 20 heavy (non-hydrogen) atoms. The molecule has 3 N–H and O–H groups in total. The number of nitrogens with two attached hydrogens (primary N) is 1. The third kappa shape index (κ3) is 3.37. The van der Waals surface area contributed by atoms with Crippen LogP contribution < -0.4 is 11.1 Å². The van der Waals surface area contributed by atoms with Crippen molar-refractivity contribution in [2.45, 2.75) is 45.6 Å². The van der Waals surface area contributed by atoms with E-state index in [1.807, 2.05) is 0 Å². The lowest BCUT2D eigenvalue weighted by Gasteiger charge is -2.39. The molecule has 0 aromatic heterocycles. The van der Waals surface area contributed by atoms with Crippen molar-refractivity contribution in [2.75, 3.05) is 0 Å². The van der Waals surface area contributed by atoms with Crippen LogP contribution in [0, 0.1) is 5.41 Å². The molecule has 1 saturated carbocycles. The molecule has 0 saturated heterocycles. The van der Waals surface area contributed by atoms with Crippen LogP contribution in [-0.2, 0) is 0 Å². The maximum atomic E-state index is 12.3. The quantitative estimate of drug-likeness (QED) is 0.841. The van der Waals surface area contributed by atoms with Gasteiger partial charge in [0.1, 0.15) is 4.99 Å². The third-order valence-electron chi connectivity index (χ3n) is 4.24. The normalized spacial score (nSPS) is 21.2. The summed E-state index contributed by atoms with van der Waals surface area (Å²) in [6, 6.07) is 7.39. The molecule has 3 nitrogen and oxygen atoms in total. The first-order valence-electron chi connectivity index (χ1n) is 7.11. The fourth-order valence-electron chi connectivity index (χ4n) is 2.79. The van der Waals surface area contributed by atoms with Crippen molar-refractivity contribution < 1.29 is 4.79 Å².